The van der Waals surface area contributed by atoms with Crippen LogP contribution in [0, 0.1) is 0 Å². The summed E-state index contributed by atoms with van der Waals surface area (Å²) >= 11 is 1.61. The van der Waals surface area contributed by atoms with Gasteiger partial charge in [-0.1, -0.05) is 32.9 Å². The van der Waals surface area contributed by atoms with Gasteiger partial charge in [-0.15, -0.1) is 24.2 Å². The summed E-state index contributed by atoms with van der Waals surface area (Å²) < 4.78 is 4.96. The molecule has 1 unspecified atom stereocenters. The van der Waals surface area contributed by atoms with E-state index in [-0.39, 0.29) is 29.6 Å². The first kappa shape index (κ1) is 24.8. The maximum Gasteiger partial charge on any atom is 0.255 e. The number of nitrogens with zero attached hydrogens (tertiary/aromatic N) is 1. The molecule has 1 atom stereocenters. The van der Waals surface area contributed by atoms with Crippen LogP contribution in [0.25, 0.3) is 0 Å². The van der Waals surface area contributed by atoms with Crippen LogP contribution in [0.4, 0.5) is 0 Å². The average molecular weight is 430 g/mol. The summed E-state index contributed by atoms with van der Waals surface area (Å²) in [5, 5.41) is 6.10. The smallest absolute Gasteiger partial charge is 0.255 e. The molecule has 1 saturated heterocycles. The fourth-order valence-electron chi connectivity index (χ4n) is 2.83. The summed E-state index contributed by atoms with van der Waals surface area (Å²) in [4.78, 5) is 27.0. The molecule has 1 aromatic rings. The minimum Gasteiger partial charge on any atom is -0.383 e. The summed E-state index contributed by atoms with van der Waals surface area (Å²) in [7, 11) is 1.66. The molecule has 0 aliphatic carbocycles. The number of methoxy groups -OCH3 is 1. The summed E-state index contributed by atoms with van der Waals surface area (Å²) in [5.41, 5.74) is 1.86. The van der Waals surface area contributed by atoms with Crippen molar-refractivity contribution in [2.24, 2.45) is 0 Å². The fraction of sp³-hybridized carbons (Fsp3) is 0.600. The number of carbonyl (C=O) groups is 2. The lowest BCUT2D eigenvalue weighted by Gasteiger charge is -2.24. The number of rotatable bonds is 8. The number of ether oxygens (including phenoxy) is 1. The zero-order chi connectivity index (χ0) is 19.9. The summed E-state index contributed by atoms with van der Waals surface area (Å²) in [6.07, 6.45) is 0. The van der Waals surface area contributed by atoms with E-state index in [1.54, 1.807) is 23.8 Å². The molecule has 2 N–H and O–H groups in total. The van der Waals surface area contributed by atoms with E-state index in [4.69, 9.17) is 4.74 Å². The van der Waals surface area contributed by atoms with E-state index < -0.39 is 6.04 Å². The Morgan fingerprint density at radius 2 is 1.86 bits per heavy atom. The van der Waals surface area contributed by atoms with Crippen molar-refractivity contribution >= 4 is 36.0 Å². The molecule has 0 bridgehead atoms. The lowest BCUT2D eigenvalue weighted by Crippen LogP contribution is -2.48. The van der Waals surface area contributed by atoms with Gasteiger partial charge in [-0.3, -0.25) is 9.59 Å². The SMILES string of the molecule is COCCNCCNC(=O)C1CSCN1C(=O)c1ccc(C(C)(C)C)cc1.Cl. The molecule has 2 rings (SSSR count). The summed E-state index contributed by atoms with van der Waals surface area (Å²) in [5.74, 6) is 1.01. The number of thioether (sulfide) groups is 1. The molecule has 1 aromatic carbocycles. The van der Waals surface area contributed by atoms with Gasteiger partial charge in [0.2, 0.25) is 5.91 Å². The van der Waals surface area contributed by atoms with Gasteiger partial charge in [0.25, 0.3) is 5.91 Å². The van der Waals surface area contributed by atoms with Crippen LogP contribution in [0.5, 0.6) is 0 Å². The average Bonchev–Trinajstić information content (AvgIpc) is 3.13. The highest BCUT2D eigenvalue weighted by molar-refractivity contribution is 7.99. The first-order valence-corrected chi connectivity index (χ1v) is 10.5. The van der Waals surface area contributed by atoms with Gasteiger partial charge in [0.05, 0.1) is 12.5 Å². The third kappa shape index (κ3) is 6.95. The molecule has 8 heteroatoms. The molecule has 1 heterocycles. The Labute approximate surface area is 178 Å². The van der Waals surface area contributed by atoms with E-state index in [1.165, 1.54) is 5.56 Å². The van der Waals surface area contributed by atoms with Crippen LogP contribution in [-0.2, 0) is 14.9 Å². The van der Waals surface area contributed by atoms with Crippen LogP contribution < -0.4 is 10.6 Å². The van der Waals surface area contributed by atoms with Gasteiger partial charge >= 0.3 is 0 Å². The van der Waals surface area contributed by atoms with Crippen LogP contribution in [-0.4, -0.2) is 67.7 Å². The number of hydrogen-bond donors (Lipinski definition) is 2. The van der Waals surface area contributed by atoms with Gasteiger partial charge in [0.15, 0.2) is 0 Å². The fourth-order valence-corrected chi connectivity index (χ4v) is 3.98. The number of hydrogen-bond acceptors (Lipinski definition) is 5. The zero-order valence-electron chi connectivity index (χ0n) is 17.1. The highest BCUT2D eigenvalue weighted by atomic mass is 35.5. The third-order valence-corrected chi connectivity index (χ3v) is 5.54. The van der Waals surface area contributed by atoms with Crippen LogP contribution in [0.1, 0.15) is 36.7 Å². The van der Waals surface area contributed by atoms with Crippen molar-refractivity contribution < 1.29 is 14.3 Å². The molecular weight excluding hydrogens is 398 g/mol. The quantitative estimate of drug-likeness (QED) is 0.620. The summed E-state index contributed by atoms with van der Waals surface area (Å²) in [6, 6.07) is 7.30. The topological polar surface area (TPSA) is 70.7 Å². The monoisotopic (exact) mass is 429 g/mol. The molecule has 0 saturated carbocycles. The first-order valence-electron chi connectivity index (χ1n) is 9.31. The van der Waals surface area contributed by atoms with Crippen LogP contribution in [0.2, 0.25) is 0 Å². The normalized spacial score (nSPS) is 16.6. The van der Waals surface area contributed by atoms with E-state index in [0.717, 1.165) is 6.54 Å². The molecule has 1 aliphatic rings. The minimum atomic E-state index is -0.413. The van der Waals surface area contributed by atoms with Gasteiger partial charge in [-0.05, 0) is 23.1 Å². The zero-order valence-corrected chi connectivity index (χ0v) is 18.8. The Balaban J connectivity index is 0.00000392. The second kappa shape index (κ2) is 11.7. The number of benzene rings is 1. The maximum atomic E-state index is 12.9. The van der Waals surface area contributed by atoms with E-state index >= 15 is 0 Å². The molecule has 28 heavy (non-hydrogen) atoms. The number of nitrogens with one attached hydrogen (secondary N) is 2. The predicted molar refractivity (Wildman–Crippen MR) is 117 cm³/mol. The van der Waals surface area contributed by atoms with E-state index in [0.29, 0.717) is 36.9 Å². The van der Waals surface area contributed by atoms with Crippen molar-refractivity contribution in [1.82, 2.24) is 15.5 Å². The molecule has 6 nitrogen and oxygen atoms in total. The standard InChI is InChI=1S/C20H31N3O3S.ClH/c1-20(2,3)16-7-5-15(6-8-16)19(25)23-14-27-13-17(23)18(24)22-10-9-21-11-12-26-4;/h5-8,17,21H,9-14H2,1-4H3,(H,22,24);1H. The second-order valence-corrected chi connectivity index (χ2v) is 8.65. The van der Waals surface area contributed by atoms with Crippen molar-refractivity contribution in [1.29, 1.82) is 0 Å². The van der Waals surface area contributed by atoms with E-state index in [9.17, 15) is 9.59 Å². The molecule has 0 aromatic heterocycles. The first-order chi connectivity index (χ1) is 12.8. The maximum absolute atomic E-state index is 12.9. The number of amides is 2. The van der Waals surface area contributed by atoms with Gasteiger partial charge < -0.3 is 20.3 Å². The Morgan fingerprint density at radius 3 is 2.46 bits per heavy atom. The minimum absolute atomic E-state index is 0. The molecular formula is C20H32ClN3O3S. The largest absolute Gasteiger partial charge is 0.383 e. The number of carbonyl (C=O) groups excluding carboxylic acids is 2. The Morgan fingerprint density at radius 1 is 1.18 bits per heavy atom. The van der Waals surface area contributed by atoms with Gasteiger partial charge in [0.1, 0.15) is 6.04 Å². The molecule has 2 amide bonds. The highest BCUT2D eigenvalue weighted by Gasteiger charge is 2.35. The molecule has 158 valence electrons. The Kier molecular flexibility index (Phi) is 10.3. The van der Waals surface area contributed by atoms with Gasteiger partial charge in [0, 0.05) is 38.1 Å². The molecule has 1 fully saturated rings. The lowest BCUT2D eigenvalue weighted by molar-refractivity contribution is -0.124. The van der Waals surface area contributed by atoms with Gasteiger partial charge in [-0.2, -0.15) is 0 Å². The molecule has 1 aliphatic heterocycles. The Bertz CT molecular complexity index is 635. The van der Waals surface area contributed by atoms with Crippen molar-refractivity contribution in [3.05, 3.63) is 35.4 Å². The van der Waals surface area contributed by atoms with Crippen LogP contribution in [0.15, 0.2) is 24.3 Å². The van der Waals surface area contributed by atoms with Crippen LogP contribution >= 0.6 is 24.2 Å². The highest BCUT2D eigenvalue weighted by Crippen LogP contribution is 2.25. The molecule has 0 spiro atoms. The van der Waals surface area contributed by atoms with Crippen LogP contribution in [0.3, 0.4) is 0 Å². The van der Waals surface area contributed by atoms with Crippen molar-refractivity contribution in [2.75, 3.05) is 45.0 Å². The van der Waals surface area contributed by atoms with E-state index in [2.05, 4.69) is 31.4 Å². The lowest BCUT2D eigenvalue weighted by atomic mass is 9.86. The second-order valence-electron chi connectivity index (χ2n) is 7.65. The van der Waals surface area contributed by atoms with Crippen molar-refractivity contribution in [3.63, 3.8) is 0 Å². The molecule has 0 radical (unpaired) electrons. The van der Waals surface area contributed by atoms with Crippen molar-refractivity contribution in [2.45, 2.75) is 32.2 Å². The summed E-state index contributed by atoms with van der Waals surface area (Å²) in [6.45, 7) is 9.04. The van der Waals surface area contributed by atoms with Crippen molar-refractivity contribution in [3.8, 4) is 0 Å². The third-order valence-electron chi connectivity index (χ3n) is 4.53. The van der Waals surface area contributed by atoms with E-state index in [1.807, 2.05) is 24.3 Å². The van der Waals surface area contributed by atoms with Gasteiger partial charge in [-0.25, -0.2) is 0 Å². The Hall–Kier alpha value is -1.28. The number of halogens is 1. The predicted octanol–water partition coefficient (Wildman–Crippen LogP) is 2.27.